The number of carbonyl (C=O) groups excluding carboxylic acids is 2. The van der Waals surface area contributed by atoms with Gasteiger partial charge in [-0.3, -0.25) is 14.4 Å². The van der Waals surface area contributed by atoms with Crippen LogP contribution in [0.2, 0.25) is 0 Å². The number of aliphatic carboxylic acids is 1. The lowest BCUT2D eigenvalue weighted by Crippen LogP contribution is -2.43. The maximum atomic E-state index is 11.5. The molecule has 0 saturated heterocycles. The molecule has 0 radical (unpaired) electrons. The molecule has 0 aromatic rings. The molecule has 0 fully saturated rings. The Bertz CT molecular complexity index is 321. The number of carboxylic acid groups (broad SMARTS) is 1. The van der Waals surface area contributed by atoms with Crippen LogP contribution in [0, 0.1) is 5.41 Å². The van der Waals surface area contributed by atoms with E-state index < -0.39 is 12.0 Å². The molecule has 2 amide bonds. The Balaban J connectivity index is 4.35. The van der Waals surface area contributed by atoms with Crippen LogP contribution in [0.5, 0.6) is 0 Å². The number of carboxylic acids is 1. The maximum Gasteiger partial charge on any atom is 0.305 e. The highest BCUT2D eigenvalue weighted by atomic mass is 16.4. The summed E-state index contributed by atoms with van der Waals surface area (Å²) in [6.45, 7) is 7.11. The van der Waals surface area contributed by atoms with E-state index in [1.54, 1.807) is 0 Å². The molecule has 0 spiro atoms. The predicted octanol–water partition coefficient (Wildman–Crippen LogP) is 0.518. The summed E-state index contributed by atoms with van der Waals surface area (Å²) in [7, 11) is 0. The van der Waals surface area contributed by atoms with E-state index in [2.05, 4.69) is 10.6 Å². The SMILES string of the molecule is CC(=O)NCC(=O)NC(CC(=O)O)CC(C)(C)C. The van der Waals surface area contributed by atoms with Gasteiger partial charge in [-0.1, -0.05) is 20.8 Å². The van der Waals surface area contributed by atoms with Crippen LogP contribution >= 0.6 is 0 Å². The standard InChI is InChI=1S/C12H22N2O4/c1-8(15)13-7-10(16)14-9(5-11(17)18)6-12(2,3)4/h9H,5-7H2,1-4H3,(H,13,15)(H,14,16)(H,17,18). The fraction of sp³-hybridized carbons (Fsp3) is 0.750. The second kappa shape index (κ2) is 6.98. The molecule has 0 rings (SSSR count). The highest BCUT2D eigenvalue weighted by molar-refractivity contribution is 5.84. The van der Waals surface area contributed by atoms with Crippen molar-refractivity contribution in [3.63, 3.8) is 0 Å². The molecule has 1 unspecified atom stereocenters. The fourth-order valence-corrected chi connectivity index (χ4v) is 1.61. The van der Waals surface area contributed by atoms with Crippen molar-refractivity contribution < 1.29 is 19.5 Å². The van der Waals surface area contributed by atoms with E-state index in [9.17, 15) is 14.4 Å². The molecular formula is C12H22N2O4. The average Bonchev–Trinajstić information content (AvgIpc) is 2.10. The second-order valence-corrected chi connectivity index (χ2v) is 5.54. The van der Waals surface area contributed by atoms with Crippen LogP contribution in [0.4, 0.5) is 0 Å². The maximum absolute atomic E-state index is 11.5. The Labute approximate surface area is 107 Å². The molecule has 0 aliphatic heterocycles. The summed E-state index contributed by atoms with van der Waals surface area (Å²) < 4.78 is 0. The van der Waals surface area contributed by atoms with E-state index in [0.717, 1.165) is 0 Å². The highest BCUT2D eigenvalue weighted by Crippen LogP contribution is 2.22. The minimum absolute atomic E-state index is 0.0819. The minimum Gasteiger partial charge on any atom is -0.481 e. The Morgan fingerprint density at radius 3 is 2.17 bits per heavy atom. The Hall–Kier alpha value is -1.59. The summed E-state index contributed by atoms with van der Waals surface area (Å²) in [5, 5.41) is 13.8. The van der Waals surface area contributed by atoms with Crippen LogP contribution in [-0.4, -0.2) is 35.5 Å². The van der Waals surface area contributed by atoms with Gasteiger partial charge in [0.2, 0.25) is 11.8 Å². The van der Waals surface area contributed by atoms with Crippen molar-refractivity contribution in [3.05, 3.63) is 0 Å². The lowest BCUT2D eigenvalue weighted by Gasteiger charge is -2.25. The molecule has 0 aromatic carbocycles. The van der Waals surface area contributed by atoms with E-state index in [-0.39, 0.29) is 30.2 Å². The third-order valence-corrected chi connectivity index (χ3v) is 2.14. The third kappa shape index (κ3) is 9.62. The molecule has 0 aromatic heterocycles. The van der Waals surface area contributed by atoms with E-state index in [1.165, 1.54) is 6.92 Å². The molecule has 6 heteroatoms. The predicted molar refractivity (Wildman–Crippen MR) is 66.9 cm³/mol. The molecule has 0 aliphatic rings. The van der Waals surface area contributed by atoms with Gasteiger partial charge >= 0.3 is 5.97 Å². The van der Waals surface area contributed by atoms with Gasteiger partial charge in [0.1, 0.15) is 0 Å². The Morgan fingerprint density at radius 2 is 1.78 bits per heavy atom. The zero-order valence-electron chi connectivity index (χ0n) is 11.4. The largest absolute Gasteiger partial charge is 0.481 e. The Kier molecular flexibility index (Phi) is 6.36. The monoisotopic (exact) mass is 258 g/mol. The van der Waals surface area contributed by atoms with Crippen LogP contribution in [0.25, 0.3) is 0 Å². The first-order valence-corrected chi connectivity index (χ1v) is 5.86. The average molecular weight is 258 g/mol. The van der Waals surface area contributed by atoms with Gasteiger partial charge in [-0.05, 0) is 11.8 Å². The lowest BCUT2D eigenvalue weighted by molar-refractivity contribution is -0.138. The molecule has 1 atom stereocenters. The van der Waals surface area contributed by atoms with Gasteiger partial charge in [-0.2, -0.15) is 0 Å². The van der Waals surface area contributed by atoms with E-state index >= 15 is 0 Å². The van der Waals surface area contributed by atoms with E-state index in [0.29, 0.717) is 6.42 Å². The molecule has 0 heterocycles. The summed E-state index contributed by atoms with van der Waals surface area (Å²) in [4.78, 5) is 32.9. The zero-order chi connectivity index (χ0) is 14.3. The molecule has 18 heavy (non-hydrogen) atoms. The lowest BCUT2D eigenvalue weighted by atomic mass is 9.87. The minimum atomic E-state index is -0.955. The van der Waals surface area contributed by atoms with Gasteiger partial charge in [0, 0.05) is 13.0 Å². The number of amides is 2. The van der Waals surface area contributed by atoms with Crippen molar-refractivity contribution in [1.29, 1.82) is 0 Å². The second-order valence-electron chi connectivity index (χ2n) is 5.54. The number of nitrogens with one attached hydrogen (secondary N) is 2. The van der Waals surface area contributed by atoms with Gasteiger partial charge in [-0.25, -0.2) is 0 Å². The molecule has 0 aliphatic carbocycles. The summed E-state index contributed by atoms with van der Waals surface area (Å²) in [6.07, 6.45) is 0.439. The van der Waals surface area contributed by atoms with Crippen molar-refractivity contribution in [2.45, 2.75) is 46.6 Å². The fourth-order valence-electron chi connectivity index (χ4n) is 1.61. The first-order chi connectivity index (χ1) is 8.10. The topological polar surface area (TPSA) is 95.5 Å². The van der Waals surface area contributed by atoms with Gasteiger partial charge < -0.3 is 15.7 Å². The van der Waals surface area contributed by atoms with Crippen LogP contribution in [-0.2, 0) is 14.4 Å². The van der Waals surface area contributed by atoms with Crippen LogP contribution in [0.1, 0.15) is 40.5 Å². The summed E-state index contributed by atoms with van der Waals surface area (Å²) in [5.74, 6) is -1.62. The number of carbonyl (C=O) groups is 3. The van der Waals surface area contributed by atoms with E-state index in [4.69, 9.17) is 5.11 Å². The third-order valence-electron chi connectivity index (χ3n) is 2.14. The van der Waals surface area contributed by atoms with Crippen molar-refractivity contribution >= 4 is 17.8 Å². The number of rotatable bonds is 6. The van der Waals surface area contributed by atoms with Crippen molar-refractivity contribution in [1.82, 2.24) is 10.6 Å². The van der Waals surface area contributed by atoms with E-state index in [1.807, 2.05) is 20.8 Å². The summed E-state index contributed by atoms with van der Waals surface area (Å²) >= 11 is 0. The van der Waals surface area contributed by atoms with Crippen molar-refractivity contribution in [2.75, 3.05) is 6.54 Å². The van der Waals surface area contributed by atoms with Crippen molar-refractivity contribution in [2.24, 2.45) is 5.41 Å². The van der Waals surface area contributed by atoms with Gasteiger partial charge in [0.15, 0.2) is 0 Å². The quantitative estimate of drug-likeness (QED) is 0.647. The zero-order valence-corrected chi connectivity index (χ0v) is 11.4. The molecule has 6 nitrogen and oxygen atoms in total. The number of hydrogen-bond acceptors (Lipinski definition) is 3. The molecule has 0 saturated carbocycles. The molecule has 0 bridgehead atoms. The highest BCUT2D eigenvalue weighted by Gasteiger charge is 2.22. The first-order valence-electron chi connectivity index (χ1n) is 5.86. The summed E-state index contributed by atoms with van der Waals surface area (Å²) in [5.41, 5.74) is -0.0819. The Morgan fingerprint density at radius 1 is 1.22 bits per heavy atom. The molecular weight excluding hydrogens is 236 g/mol. The van der Waals surface area contributed by atoms with Crippen molar-refractivity contribution in [3.8, 4) is 0 Å². The smallest absolute Gasteiger partial charge is 0.305 e. The van der Waals surface area contributed by atoms with Gasteiger partial charge in [-0.15, -0.1) is 0 Å². The van der Waals surface area contributed by atoms with Crippen LogP contribution in [0.3, 0.4) is 0 Å². The normalized spacial score (nSPS) is 12.7. The van der Waals surface area contributed by atoms with Gasteiger partial charge in [0.05, 0.1) is 13.0 Å². The van der Waals surface area contributed by atoms with Gasteiger partial charge in [0.25, 0.3) is 0 Å². The number of hydrogen-bond donors (Lipinski definition) is 3. The van der Waals surface area contributed by atoms with Crippen LogP contribution < -0.4 is 10.6 Å². The van der Waals surface area contributed by atoms with Crippen LogP contribution in [0.15, 0.2) is 0 Å². The molecule has 3 N–H and O–H groups in total. The molecule has 104 valence electrons. The first kappa shape index (κ1) is 16.4. The summed E-state index contributed by atoms with van der Waals surface area (Å²) in [6, 6.07) is -0.427.